The molecule has 5 nitrogen and oxygen atoms in total. The molecular formula is C17H25N3O2. The van der Waals surface area contributed by atoms with E-state index in [-0.39, 0.29) is 12.1 Å². The molecular weight excluding hydrogens is 278 g/mol. The molecule has 120 valence electrons. The average Bonchev–Trinajstić information content (AvgIpc) is 2.95. The number of nitrogens with one attached hydrogen (secondary N) is 1. The summed E-state index contributed by atoms with van der Waals surface area (Å²) in [5, 5.41) is 16.7. The van der Waals surface area contributed by atoms with Crippen molar-refractivity contribution in [3.05, 3.63) is 47.8 Å². The highest BCUT2D eigenvalue weighted by molar-refractivity contribution is 5.33. The van der Waals surface area contributed by atoms with Crippen LogP contribution >= 0.6 is 0 Å². The number of para-hydroxylation sites is 1. The topological polar surface area (TPSA) is 59.3 Å². The SMILES string of the molecule is CC(C)(C)n1cc(CNCc2ccccc2OCCO)cn1. The third kappa shape index (κ3) is 4.58. The fourth-order valence-electron chi connectivity index (χ4n) is 2.11. The van der Waals surface area contributed by atoms with Gasteiger partial charge < -0.3 is 15.2 Å². The second-order valence-electron chi connectivity index (χ2n) is 6.25. The van der Waals surface area contributed by atoms with E-state index < -0.39 is 0 Å². The van der Waals surface area contributed by atoms with Crippen LogP contribution in [0, 0.1) is 0 Å². The molecule has 0 aliphatic rings. The Bertz CT molecular complexity index is 588. The molecule has 1 heterocycles. The molecule has 2 aromatic rings. The lowest BCUT2D eigenvalue weighted by Crippen LogP contribution is -2.22. The molecule has 0 aliphatic heterocycles. The van der Waals surface area contributed by atoms with Gasteiger partial charge in [0, 0.05) is 30.4 Å². The van der Waals surface area contributed by atoms with Gasteiger partial charge in [0.25, 0.3) is 0 Å². The van der Waals surface area contributed by atoms with Gasteiger partial charge >= 0.3 is 0 Å². The molecule has 0 saturated carbocycles. The van der Waals surface area contributed by atoms with Crippen molar-refractivity contribution >= 4 is 0 Å². The van der Waals surface area contributed by atoms with E-state index >= 15 is 0 Å². The first-order valence-electron chi connectivity index (χ1n) is 7.57. The van der Waals surface area contributed by atoms with Crippen LogP contribution in [0.25, 0.3) is 0 Å². The zero-order chi connectivity index (χ0) is 16.0. The first-order valence-corrected chi connectivity index (χ1v) is 7.57. The number of aliphatic hydroxyl groups excluding tert-OH is 1. The number of aliphatic hydroxyl groups is 1. The number of hydrogen-bond donors (Lipinski definition) is 2. The Kier molecular flexibility index (Phi) is 5.57. The van der Waals surface area contributed by atoms with Gasteiger partial charge in [0.1, 0.15) is 12.4 Å². The molecule has 0 amide bonds. The molecule has 0 aliphatic carbocycles. The van der Waals surface area contributed by atoms with Crippen molar-refractivity contribution in [2.24, 2.45) is 0 Å². The molecule has 2 rings (SSSR count). The van der Waals surface area contributed by atoms with Gasteiger partial charge in [0.15, 0.2) is 0 Å². The standard InChI is InChI=1S/C17H25N3O2/c1-17(2,3)20-13-14(11-19-20)10-18-12-15-6-4-5-7-16(15)22-9-8-21/h4-7,11,13,18,21H,8-10,12H2,1-3H3. The Balaban J connectivity index is 1.90. The number of ether oxygens (including phenoxy) is 1. The second-order valence-corrected chi connectivity index (χ2v) is 6.25. The van der Waals surface area contributed by atoms with Crippen molar-refractivity contribution in [2.45, 2.75) is 39.4 Å². The third-order valence-electron chi connectivity index (χ3n) is 3.29. The Morgan fingerprint density at radius 2 is 2.00 bits per heavy atom. The summed E-state index contributed by atoms with van der Waals surface area (Å²) in [5.41, 5.74) is 2.24. The summed E-state index contributed by atoms with van der Waals surface area (Å²) in [5.74, 6) is 0.814. The summed E-state index contributed by atoms with van der Waals surface area (Å²) in [6, 6.07) is 7.87. The maximum Gasteiger partial charge on any atom is 0.123 e. The largest absolute Gasteiger partial charge is 0.491 e. The van der Waals surface area contributed by atoms with E-state index in [9.17, 15) is 0 Å². The predicted molar refractivity (Wildman–Crippen MR) is 86.8 cm³/mol. The van der Waals surface area contributed by atoms with Gasteiger partial charge in [-0.05, 0) is 26.8 Å². The molecule has 0 fully saturated rings. The summed E-state index contributed by atoms with van der Waals surface area (Å²) >= 11 is 0. The molecule has 0 bridgehead atoms. The number of benzene rings is 1. The minimum absolute atomic E-state index is 0.00296. The Hall–Kier alpha value is -1.85. The smallest absolute Gasteiger partial charge is 0.123 e. The Morgan fingerprint density at radius 3 is 2.68 bits per heavy atom. The minimum Gasteiger partial charge on any atom is -0.491 e. The molecule has 1 aromatic heterocycles. The van der Waals surface area contributed by atoms with Crippen LogP contribution in [0.15, 0.2) is 36.7 Å². The number of aromatic nitrogens is 2. The van der Waals surface area contributed by atoms with E-state index in [0.29, 0.717) is 13.2 Å². The van der Waals surface area contributed by atoms with Gasteiger partial charge in [-0.25, -0.2) is 0 Å². The van der Waals surface area contributed by atoms with E-state index in [1.165, 1.54) is 0 Å². The van der Waals surface area contributed by atoms with Gasteiger partial charge in [-0.15, -0.1) is 0 Å². The van der Waals surface area contributed by atoms with Crippen molar-refractivity contribution in [2.75, 3.05) is 13.2 Å². The first-order chi connectivity index (χ1) is 10.5. The molecule has 5 heteroatoms. The van der Waals surface area contributed by atoms with Crippen molar-refractivity contribution in [1.82, 2.24) is 15.1 Å². The van der Waals surface area contributed by atoms with E-state index in [1.54, 1.807) is 0 Å². The van der Waals surface area contributed by atoms with E-state index in [0.717, 1.165) is 23.4 Å². The molecule has 0 radical (unpaired) electrons. The molecule has 0 unspecified atom stereocenters. The van der Waals surface area contributed by atoms with Crippen molar-refractivity contribution < 1.29 is 9.84 Å². The lowest BCUT2D eigenvalue weighted by atomic mass is 10.1. The molecule has 2 N–H and O–H groups in total. The van der Waals surface area contributed by atoms with Crippen molar-refractivity contribution in [3.8, 4) is 5.75 Å². The summed E-state index contributed by atoms with van der Waals surface area (Å²) in [4.78, 5) is 0. The third-order valence-corrected chi connectivity index (χ3v) is 3.29. The quantitative estimate of drug-likeness (QED) is 0.824. The highest BCUT2D eigenvalue weighted by atomic mass is 16.5. The van der Waals surface area contributed by atoms with E-state index in [1.807, 2.05) is 35.1 Å². The Morgan fingerprint density at radius 1 is 1.23 bits per heavy atom. The Labute approximate surface area is 131 Å². The molecule has 0 saturated heterocycles. The zero-order valence-electron chi connectivity index (χ0n) is 13.5. The van der Waals surface area contributed by atoms with Crippen LogP contribution in [-0.4, -0.2) is 28.1 Å². The number of nitrogens with zero attached hydrogens (tertiary/aromatic N) is 2. The highest BCUT2D eigenvalue weighted by Gasteiger charge is 2.13. The van der Waals surface area contributed by atoms with Crippen LogP contribution in [-0.2, 0) is 18.6 Å². The lowest BCUT2D eigenvalue weighted by Gasteiger charge is -2.18. The van der Waals surface area contributed by atoms with Gasteiger partial charge in [0.05, 0.1) is 18.3 Å². The van der Waals surface area contributed by atoms with Gasteiger partial charge in [-0.3, -0.25) is 4.68 Å². The maximum atomic E-state index is 8.86. The molecule has 22 heavy (non-hydrogen) atoms. The summed E-state index contributed by atoms with van der Waals surface area (Å²) in [6.07, 6.45) is 3.97. The van der Waals surface area contributed by atoms with Gasteiger partial charge in [-0.1, -0.05) is 18.2 Å². The van der Waals surface area contributed by atoms with Crippen LogP contribution in [0.2, 0.25) is 0 Å². The summed E-state index contributed by atoms with van der Waals surface area (Å²) < 4.78 is 7.51. The number of rotatable bonds is 7. The summed E-state index contributed by atoms with van der Waals surface area (Å²) in [6.45, 7) is 8.19. The van der Waals surface area contributed by atoms with E-state index in [2.05, 4.69) is 37.4 Å². The fourth-order valence-corrected chi connectivity index (χ4v) is 2.11. The van der Waals surface area contributed by atoms with Crippen LogP contribution in [0.4, 0.5) is 0 Å². The van der Waals surface area contributed by atoms with Crippen LogP contribution < -0.4 is 10.1 Å². The average molecular weight is 303 g/mol. The van der Waals surface area contributed by atoms with Crippen LogP contribution in [0.3, 0.4) is 0 Å². The maximum absolute atomic E-state index is 8.86. The minimum atomic E-state index is 0.00296. The second kappa shape index (κ2) is 7.42. The van der Waals surface area contributed by atoms with E-state index in [4.69, 9.17) is 9.84 Å². The van der Waals surface area contributed by atoms with Crippen molar-refractivity contribution in [1.29, 1.82) is 0 Å². The van der Waals surface area contributed by atoms with Gasteiger partial charge in [-0.2, -0.15) is 5.10 Å². The van der Waals surface area contributed by atoms with Crippen molar-refractivity contribution in [3.63, 3.8) is 0 Å². The summed E-state index contributed by atoms with van der Waals surface area (Å²) in [7, 11) is 0. The van der Waals surface area contributed by atoms with Crippen LogP contribution in [0.1, 0.15) is 31.9 Å². The van der Waals surface area contributed by atoms with Crippen LogP contribution in [0.5, 0.6) is 5.75 Å². The lowest BCUT2D eigenvalue weighted by molar-refractivity contribution is 0.200. The fraction of sp³-hybridized carbons (Fsp3) is 0.471. The number of hydrogen-bond acceptors (Lipinski definition) is 4. The highest BCUT2D eigenvalue weighted by Crippen LogP contribution is 2.18. The zero-order valence-corrected chi connectivity index (χ0v) is 13.5. The molecule has 0 spiro atoms. The predicted octanol–water partition coefficient (Wildman–Crippen LogP) is 2.30. The molecule has 1 aromatic carbocycles. The first kappa shape index (κ1) is 16.5. The normalized spacial score (nSPS) is 11.6. The monoisotopic (exact) mass is 303 g/mol. The molecule has 0 atom stereocenters. The van der Waals surface area contributed by atoms with Gasteiger partial charge in [0.2, 0.25) is 0 Å².